The standard InChI is InChI=1S/C35H47N3O5/c1-24(2)43-30-22-28(21-29(23-30)38-18-10-15-33(38)40)35(42)37-31(20-27-13-8-5-9-14-27)32(39)19-25(3)34(41)36-17-16-26-11-6-4-7-12-26/h5,8-9,11,13-14,21-25,31-32,39H,4,6-7,10,12,15-20H2,1-3H3,(H,36,41)(H,37,42)/t25-,31+,32+/m1/s1. The molecule has 0 aromatic heterocycles. The third-order valence-corrected chi connectivity index (χ3v) is 8.16. The minimum atomic E-state index is -0.958. The molecule has 1 fully saturated rings. The molecule has 1 aliphatic carbocycles. The molecular weight excluding hydrogens is 542 g/mol. The van der Waals surface area contributed by atoms with E-state index < -0.39 is 18.1 Å². The number of rotatable bonds is 14. The van der Waals surface area contributed by atoms with Crippen LogP contribution in [-0.4, -0.2) is 54.2 Å². The van der Waals surface area contributed by atoms with Gasteiger partial charge in [-0.15, -0.1) is 0 Å². The highest BCUT2D eigenvalue weighted by Gasteiger charge is 2.28. The van der Waals surface area contributed by atoms with E-state index in [0.717, 1.165) is 31.2 Å². The average Bonchev–Trinajstić information content (AvgIpc) is 3.43. The summed E-state index contributed by atoms with van der Waals surface area (Å²) in [6, 6.07) is 14.2. The van der Waals surface area contributed by atoms with Gasteiger partial charge in [-0.1, -0.05) is 48.9 Å². The number of aliphatic hydroxyl groups is 1. The van der Waals surface area contributed by atoms with E-state index >= 15 is 0 Å². The van der Waals surface area contributed by atoms with Gasteiger partial charge in [0.15, 0.2) is 0 Å². The SMILES string of the molecule is CC(C)Oc1cc(C(=O)N[C@@H](Cc2ccccc2)[C@@H](O)C[C@@H](C)C(=O)NCCC2=CCCCC2)cc(N2CCCC2=O)c1. The highest BCUT2D eigenvalue weighted by molar-refractivity contribution is 5.99. The lowest BCUT2D eigenvalue weighted by Gasteiger charge is -2.27. The van der Waals surface area contributed by atoms with Crippen LogP contribution in [0.4, 0.5) is 5.69 Å². The number of carbonyl (C=O) groups is 3. The fourth-order valence-corrected chi connectivity index (χ4v) is 5.82. The molecule has 8 nitrogen and oxygen atoms in total. The predicted octanol–water partition coefficient (Wildman–Crippen LogP) is 5.34. The normalized spacial score (nSPS) is 17.3. The number of allylic oxidation sites excluding steroid dienone is 1. The van der Waals surface area contributed by atoms with Crippen molar-refractivity contribution in [2.24, 2.45) is 5.92 Å². The summed E-state index contributed by atoms with van der Waals surface area (Å²) >= 11 is 0. The quantitative estimate of drug-likeness (QED) is 0.258. The van der Waals surface area contributed by atoms with Crippen LogP contribution in [0.2, 0.25) is 0 Å². The zero-order valence-corrected chi connectivity index (χ0v) is 25.8. The van der Waals surface area contributed by atoms with E-state index in [9.17, 15) is 19.5 Å². The number of amides is 3. The first kappa shape index (κ1) is 32.3. The minimum absolute atomic E-state index is 0.0214. The maximum Gasteiger partial charge on any atom is 0.251 e. The molecule has 0 unspecified atom stereocenters. The Morgan fingerprint density at radius 2 is 1.81 bits per heavy atom. The van der Waals surface area contributed by atoms with Gasteiger partial charge in [0.05, 0.1) is 18.2 Å². The van der Waals surface area contributed by atoms with E-state index in [1.54, 1.807) is 23.1 Å². The lowest BCUT2D eigenvalue weighted by atomic mass is 9.93. The first-order chi connectivity index (χ1) is 20.7. The largest absolute Gasteiger partial charge is 0.491 e. The zero-order valence-electron chi connectivity index (χ0n) is 25.8. The molecule has 1 heterocycles. The number of nitrogens with zero attached hydrogens (tertiary/aromatic N) is 1. The van der Waals surface area contributed by atoms with E-state index in [-0.39, 0.29) is 30.2 Å². The van der Waals surface area contributed by atoms with Crippen molar-refractivity contribution in [3.8, 4) is 5.75 Å². The van der Waals surface area contributed by atoms with Crippen LogP contribution in [0, 0.1) is 5.92 Å². The Balaban J connectivity index is 1.46. The Morgan fingerprint density at radius 3 is 2.49 bits per heavy atom. The van der Waals surface area contributed by atoms with Gasteiger partial charge in [0.25, 0.3) is 5.91 Å². The van der Waals surface area contributed by atoms with E-state index in [0.29, 0.717) is 42.9 Å². The summed E-state index contributed by atoms with van der Waals surface area (Å²) in [5.41, 5.74) is 3.34. The van der Waals surface area contributed by atoms with Crippen molar-refractivity contribution < 1.29 is 24.2 Å². The smallest absolute Gasteiger partial charge is 0.251 e. The first-order valence-electron chi connectivity index (χ1n) is 15.8. The van der Waals surface area contributed by atoms with Gasteiger partial charge in [-0.3, -0.25) is 14.4 Å². The van der Waals surface area contributed by atoms with Crippen molar-refractivity contribution in [3.05, 3.63) is 71.3 Å². The Bertz CT molecular complexity index is 1280. The highest BCUT2D eigenvalue weighted by Crippen LogP contribution is 2.29. The number of hydrogen-bond donors (Lipinski definition) is 3. The van der Waals surface area contributed by atoms with Crippen LogP contribution in [0.15, 0.2) is 60.2 Å². The molecule has 2 aromatic carbocycles. The lowest BCUT2D eigenvalue weighted by molar-refractivity contribution is -0.125. The fraction of sp³-hybridized carbons (Fsp3) is 0.514. The van der Waals surface area contributed by atoms with Gasteiger partial charge in [0.1, 0.15) is 5.75 Å². The third-order valence-electron chi connectivity index (χ3n) is 8.16. The Kier molecular flexibility index (Phi) is 11.8. The second kappa shape index (κ2) is 15.7. The van der Waals surface area contributed by atoms with Crippen molar-refractivity contribution in [2.75, 3.05) is 18.0 Å². The molecule has 0 radical (unpaired) electrons. The van der Waals surface area contributed by atoms with Crippen molar-refractivity contribution in [3.63, 3.8) is 0 Å². The van der Waals surface area contributed by atoms with Crippen molar-refractivity contribution in [1.82, 2.24) is 10.6 Å². The number of nitrogens with one attached hydrogen (secondary N) is 2. The maximum absolute atomic E-state index is 13.7. The summed E-state index contributed by atoms with van der Waals surface area (Å²) in [4.78, 5) is 40.7. The number of hydrogen-bond acceptors (Lipinski definition) is 5. The van der Waals surface area contributed by atoms with E-state index in [1.165, 1.54) is 18.4 Å². The molecule has 0 saturated carbocycles. The molecule has 1 aliphatic heterocycles. The molecule has 2 aliphatic rings. The number of anilines is 1. The van der Waals surface area contributed by atoms with E-state index in [1.807, 2.05) is 51.1 Å². The van der Waals surface area contributed by atoms with Crippen LogP contribution in [-0.2, 0) is 16.0 Å². The van der Waals surface area contributed by atoms with Gasteiger partial charge in [-0.05, 0) is 82.9 Å². The highest BCUT2D eigenvalue weighted by atomic mass is 16.5. The Labute approximate surface area is 255 Å². The summed E-state index contributed by atoms with van der Waals surface area (Å²) in [7, 11) is 0. The number of carbonyl (C=O) groups excluding carboxylic acids is 3. The predicted molar refractivity (Wildman–Crippen MR) is 169 cm³/mol. The molecule has 0 spiro atoms. The van der Waals surface area contributed by atoms with Crippen LogP contribution in [0.25, 0.3) is 0 Å². The van der Waals surface area contributed by atoms with Crippen molar-refractivity contribution in [2.45, 2.75) is 96.8 Å². The van der Waals surface area contributed by atoms with Crippen LogP contribution in [0.5, 0.6) is 5.75 Å². The first-order valence-corrected chi connectivity index (χ1v) is 15.8. The molecule has 3 atom stereocenters. The second-order valence-corrected chi connectivity index (χ2v) is 12.2. The summed E-state index contributed by atoms with van der Waals surface area (Å²) < 4.78 is 5.92. The molecule has 0 bridgehead atoms. The number of benzene rings is 2. The van der Waals surface area contributed by atoms with Gasteiger partial charge in [-0.2, -0.15) is 0 Å². The van der Waals surface area contributed by atoms with Crippen LogP contribution >= 0.6 is 0 Å². The third kappa shape index (κ3) is 9.68. The van der Waals surface area contributed by atoms with E-state index in [2.05, 4.69) is 16.7 Å². The molecule has 3 N–H and O–H groups in total. The monoisotopic (exact) mass is 589 g/mol. The van der Waals surface area contributed by atoms with Gasteiger partial charge in [0.2, 0.25) is 11.8 Å². The summed E-state index contributed by atoms with van der Waals surface area (Å²) in [5.74, 6) is -0.375. The number of ether oxygens (including phenoxy) is 1. The molecule has 4 rings (SSSR count). The molecule has 2 aromatic rings. The minimum Gasteiger partial charge on any atom is -0.491 e. The molecule has 3 amide bonds. The van der Waals surface area contributed by atoms with Crippen LogP contribution in [0.3, 0.4) is 0 Å². The molecule has 232 valence electrons. The van der Waals surface area contributed by atoms with Crippen LogP contribution in [0.1, 0.15) is 88.1 Å². The molecule has 43 heavy (non-hydrogen) atoms. The lowest BCUT2D eigenvalue weighted by Crippen LogP contribution is -2.46. The maximum atomic E-state index is 13.7. The van der Waals surface area contributed by atoms with Gasteiger partial charge in [0, 0.05) is 42.7 Å². The van der Waals surface area contributed by atoms with E-state index in [4.69, 9.17) is 4.74 Å². The Hall–Kier alpha value is -3.65. The zero-order chi connectivity index (χ0) is 30.8. The Morgan fingerprint density at radius 1 is 1.02 bits per heavy atom. The van der Waals surface area contributed by atoms with Crippen molar-refractivity contribution >= 4 is 23.4 Å². The van der Waals surface area contributed by atoms with Crippen molar-refractivity contribution in [1.29, 1.82) is 0 Å². The fourth-order valence-electron chi connectivity index (χ4n) is 5.82. The summed E-state index contributed by atoms with van der Waals surface area (Å²) in [6.45, 7) is 6.81. The summed E-state index contributed by atoms with van der Waals surface area (Å²) in [5, 5.41) is 17.4. The van der Waals surface area contributed by atoms with Gasteiger partial charge >= 0.3 is 0 Å². The average molecular weight is 590 g/mol. The van der Waals surface area contributed by atoms with Gasteiger partial charge in [-0.25, -0.2) is 0 Å². The second-order valence-electron chi connectivity index (χ2n) is 12.2. The number of aliphatic hydroxyl groups excluding tert-OH is 1. The molecular formula is C35H47N3O5. The molecule has 8 heteroatoms. The van der Waals surface area contributed by atoms with Gasteiger partial charge < -0.3 is 25.4 Å². The van der Waals surface area contributed by atoms with Crippen LogP contribution < -0.4 is 20.3 Å². The topological polar surface area (TPSA) is 108 Å². The summed E-state index contributed by atoms with van der Waals surface area (Å²) in [6.07, 6.45) is 8.60. The molecule has 1 saturated heterocycles.